The number of hydrogen-bond donors (Lipinski definition) is 2. The maximum atomic E-state index is 12.3. The van der Waals surface area contributed by atoms with Crippen molar-refractivity contribution in [2.24, 2.45) is 0 Å². The Bertz CT molecular complexity index is 903. The molecule has 0 spiro atoms. The van der Waals surface area contributed by atoms with Crippen LogP contribution < -0.4 is 5.32 Å². The van der Waals surface area contributed by atoms with Gasteiger partial charge in [-0.3, -0.25) is 4.79 Å². The summed E-state index contributed by atoms with van der Waals surface area (Å²) in [6, 6.07) is 16.3. The van der Waals surface area contributed by atoms with Crippen molar-refractivity contribution < 1.29 is 4.79 Å². The van der Waals surface area contributed by atoms with Gasteiger partial charge in [0.1, 0.15) is 0 Å². The molecule has 26 heavy (non-hydrogen) atoms. The van der Waals surface area contributed by atoms with E-state index in [9.17, 15) is 4.79 Å². The van der Waals surface area contributed by atoms with Crippen LogP contribution in [0.25, 0.3) is 0 Å². The van der Waals surface area contributed by atoms with Gasteiger partial charge in [-0.1, -0.05) is 54.2 Å². The van der Waals surface area contributed by atoms with E-state index >= 15 is 0 Å². The largest absolute Gasteiger partial charge is 0.337 e. The average Bonchev–Trinajstić information content (AvgIpc) is 2.97. The molecule has 0 aliphatic rings. The monoisotopic (exact) mass is 365 g/mol. The Hall–Kier alpha value is -2.53. The van der Waals surface area contributed by atoms with E-state index in [-0.39, 0.29) is 5.91 Å². The van der Waals surface area contributed by atoms with Crippen LogP contribution in [-0.2, 0) is 11.2 Å². The maximum absolute atomic E-state index is 12.3. The van der Waals surface area contributed by atoms with E-state index in [2.05, 4.69) is 27.4 Å². The molecule has 2 aromatic carbocycles. The lowest BCUT2D eigenvalue weighted by Crippen LogP contribution is -2.15. The minimum atomic E-state index is -0.0256. The summed E-state index contributed by atoms with van der Waals surface area (Å²) in [6.07, 6.45) is 0.790. The molecule has 5 heteroatoms. The van der Waals surface area contributed by atoms with Crippen molar-refractivity contribution >= 4 is 23.4 Å². The average molecular weight is 366 g/mol. The van der Waals surface area contributed by atoms with Crippen molar-refractivity contribution in [2.75, 3.05) is 11.1 Å². The predicted octanol–water partition coefficient (Wildman–Crippen LogP) is 4.66. The van der Waals surface area contributed by atoms with Crippen LogP contribution in [0.5, 0.6) is 0 Å². The number of rotatable bonds is 6. The molecule has 1 aromatic heterocycles. The molecule has 1 heterocycles. The molecular formula is C21H23N3OS. The first-order chi connectivity index (χ1) is 12.5. The van der Waals surface area contributed by atoms with Crippen molar-refractivity contribution in [1.82, 2.24) is 9.97 Å². The highest BCUT2D eigenvalue weighted by atomic mass is 32.2. The van der Waals surface area contributed by atoms with E-state index in [0.29, 0.717) is 5.75 Å². The molecule has 0 radical (unpaired) electrons. The smallest absolute Gasteiger partial charge is 0.234 e. The Morgan fingerprint density at radius 2 is 1.88 bits per heavy atom. The molecule has 1 amide bonds. The molecule has 2 N–H and O–H groups in total. The molecule has 134 valence electrons. The van der Waals surface area contributed by atoms with Crippen molar-refractivity contribution in [1.29, 1.82) is 0 Å². The summed E-state index contributed by atoms with van der Waals surface area (Å²) in [5.41, 5.74) is 6.36. The van der Waals surface area contributed by atoms with Crippen LogP contribution >= 0.6 is 11.8 Å². The first-order valence-electron chi connectivity index (χ1n) is 8.60. The summed E-state index contributed by atoms with van der Waals surface area (Å²) in [7, 11) is 0. The number of amides is 1. The van der Waals surface area contributed by atoms with Gasteiger partial charge in [0.25, 0.3) is 0 Å². The number of nitrogens with zero attached hydrogens (tertiary/aromatic N) is 1. The third-order valence-corrected chi connectivity index (χ3v) is 5.06. The molecular weight excluding hydrogens is 342 g/mol. The molecule has 0 aliphatic heterocycles. The molecule has 4 nitrogen and oxygen atoms in total. The van der Waals surface area contributed by atoms with Crippen molar-refractivity contribution in [3.8, 4) is 0 Å². The molecule has 0 aliphatic carbocycles. The minimum absolute atomic E-state index is 0.0256. The molecule has 0 saturated carbocycles. The number of benzene rings is 2. The van der Waals surface area contributed by atoms with Gasteiger partial charge in [0.05, 0.1) is 11.4 Å². The molecule has 0 atom stereocenters. The first-order valence-corrected chi connectivity index (χ1v) is 9.59. The number of carbonyl (C=O) groups excluding carboxylic acids is 1. The number of thioether (sulfide) groups is 1. The Kier molecular flexibility index (Phi) is 5.78. The third kappa shape index (κ3) is 4.76. The van der Waals surface area contributed by atoms with E-state index in [1.165, 1.54) is 17.3 Å². The van der Waals surface area contributed by atoms with Gasteiger partial charge in [-0.25, -0.2) is 4.98 Å². The zero-order valence-corrected chi connectivity index (χ0v) is 16.1. The van der Waals surface area contributed by atoms with Crippen molar-refractivity contribution in [2.45, 2.75) is 32.3 Å². The van der Waals surface area contributed by atoms with Crippen molar-refractivity contribution in [3.05, 3.63) is 76.6 Å². The Labute approximate surface area is 158 Å². The summed E-state index contributed by atoms with van der Waals surface area (Å²) >= 11 is 1.42. The Morgan fingerprint density at radius 3 is 2.65 bits per heavy atom. The lowest BCUT2D eigenvalue weighted by atomic mass is 10.1. The number of H-pyrrole nitrogens is 1. The molecule has 0 saturated heterocycles. The van der Waals surface area contributed by atoms with Gasteiger partial charge in [0.15, 0.2) is 5.16 Å². The van der Waals surface area contributed by atoms with E-state index in [1.54, 1.807) is 0 Å². The zero-order valence-electron chi connectivity index (χ0n) is 15.3. The summed E-state index contributed by atoms with van der Waals surface area (Å²) in [4.78, 5) is 20.2. The normalized spacial score (nSPS) is 10.7. The van der Waals surface area contributed by atoms with Gasteiger partial charge in [0, 0.05) is 17.8 Å². The Balaban J connectivity index is 1.58. The van der Waals surface area contributed by atoms with Gasteiger partial charge in [-0.15, -0.1) is 0 Å². The van der Waals surface area contributed by atoms with Gasteiger partial charge >= 0.3 is 0 Å². The predicted molar refractivity (Wildman–Crippen MR) is 108 cm³/mol. The summed E-state index contributed by atoms with van der Waals surface area (Å²) in [5, 5.41) is 3.76. The fourth-order valence-corrected chi connectivity index (χ4v) is 3.43. The molecule has 0 unspecified atom stereocenters. The first kappa shape index (κ1) is 18.3. The van der Waals surface area contributed by atoms with Gasteiger partial charge < -0.3 is 10.3 Å². The van der Waals surface area contributed by atoms with Crippen LogP contribution in [0, 0.1) is 20.8 Å². The summed E-state index contributed by atoms with van der Waals surface area (Å²) < 4.78 is 0. The van der Waals surface area contributed by atoms with E-state index in [4.69, 9.17) is 0 Å². The number of aromatic amines is 1. The number of carbonyl (C=O) groups is 1. The summed E-state index contributed by atoms with van der Waals surface area (Å²) in [6.45, 7) is 6.03. The van der Waals surface area contributed by atoms with Crippen LogP contribution in [0.4, 0.5) is 5.69 Å². The van der Waals surface area contributed by atoms with Crippen LogP contribution in [-0.4, -0.2) is 21.6 Å². The number of imidazole rings is 1. The van der Waals surface area contributed by atoms with Gasteiger partial charge in [-0.2, -0.15) is 0 Å². The van der Waals surface area contributed by atoms with E-state index in [1.807, 2.05) is 57.2 Å². The SMILES string of the molecule is Cc1ccc(C)c(NC(=O)CSc2nc(Cc3ccccc3)c(C)[nH]2)c1. The van der Waals surface area contributed by atoms with Crippen molar-refractivity contribution in [3.63, 3.8) is 0 Å². The quantitative estimate of drug-likeness (QED) is 0.625. The number of aromatic nitrogens is 2. The van der Waals surface area contributed by atoms with Crippen LogP contribution in [0.1, 0.15) is 28.1 Å². The summed E-state index contributed by atoms with van der Waals surface area (Å²) in [5.74, 6) is 0.299. The fourth-order valence-electron chi connectivity index (χ4n) is 2.69. The standard InChI is InChI=1S/C21H23N3OS/c1-14-9-10-15(2)18(11-14)23-20(25)13-26-21-22-16(3)19(24-21)12-17-7-5-4-6-8-17/h4-11H,12-13H2,1-3H3,(H,22,24)(H,23,25). The lowest BCUT2D eigenvalue weighted by molar-refractivity contribution is -0.113. The Morgan fingerprint density at radius 1 is 1.12 bits per heavy atom. The highest BCUT2D eigenvalue weighted by molar-refractivity contribution is 7.99. The van der Waals surface area contributed by atoms with E-state index < -0.39 is 0 Å². The highest BCUT2D eigenvalue weighted by Gasteiger charge is 2.11. The number of nitrogens with one attached hydrogen (secondary N) is 2. The molecule has 3 aromatic rings. The number of aryl methyl sites for hydroxylation is 3. The van der Waals surface area contributed by atoms with Crippen LogP contribution in [0.3, 0.4) is 0 Å². The molecule has 3 rings (SSSR count). The maximum Gasteiger partial charge on any atom is 0.234 e. The lowest BCUT2D eigenvalue weighted by Gasteiger charge is -2.08. The fraction of sp³-hybridized carbons (Fsp3) is 0.238. The molecule has 0 fully saturated rings. The van der Waals surface area contributed by atoms with Crippen LogP contribution in [0.2, 0.25) is 0 Å². The highest BCUT2D eigenvalue weighted by Crippen LogP contribution is 2.20. The minimum Gasteiger partial charge on any atom is -0.337 e. The third-order valence-electron chi connectivity index (χ3n) is 4.19. The zero-order chi connectivity index (χ0) is 18.5. The second-order valence-corrected chi connectivity index (χ2v) is 7.40. The topological polar surface area (TPSA) is 57.8 Å². The second-order valence-electron chi connectivity index (χ2n) is 6.43. The van der Waals surface area contributed by atoms with Crippen LogP contribution in [0.15, 0.2) is 53.7 Å². The van der Waals surface area contributed by atoms with Gasteiger partial charge in [-0.05, 0) is 43.5 Å². The number of anilines is 1. The molecule has 0 bridgehead atoms. The second kappa shape index (κ2) is 8.23. The van der Waals surface area contributed by atoms with E-state index in [0.717, 1.165) is 39.8 Å². The number of hydrogen-bond acceptors (Lipinski definition) is 3. The van der Waals surface area contributed by atoms with Gasteiger partial charge in [0.2, 0.25) is 5.91 Å².